The molecule has 0 saturated carbocycles. The van der Waals surface area contributed by atoms with E-state index in [1.165, 1.54) is 6.92 Å². The van der Waals surface area contributed by atoms with E-state index < -0.39 is 29.3 Å². The first-order valence-electron chi connectivity index (χ1n) is 5.27. The number of ketones is 1. The highest BCUT2D eigenvalue weighted by molar-refractivity contribution is 7.80. The van der Waals surface area contributed by atoms with E-state index >= 15 is 0 Å². The second-order valence-electron chi connectivity index (χ2n) is 3.76. The summed E-state index contributed by atoms with van der Waals surface area (Å²) in [6.45, 7) is 2.39. The summed E-state index contributed by atoms with van der Waals surface area (Å²) < 4.78 is 0. The first kappa shape index (κ1) is 21.0. The molecule has 0 aromatic carbocycles. The Morgan fingerprint density at radius 2 is 1.65 bits per heavy atom. The van der Waals surface area contributed by atoms with E-state index in [1.54, 1.807) is 0 Å². The normalized spacial score (nSPS) is 14.1. The molecule has 1 amide bonds. The second kappa shape index (κ2) is 9.61. The molecule has 1 unspecified atom stereocenters. The minimum atomic E-state index is -1.82. The summed E-state index contributed by atoms with van der Waals surface area (Å²) in [6.07, 6.45) is 0. The van der Waals surface area contributed by atoms with Crippen LogP contribution in [-0.2, 0) is 19.2 Å². The van der Waals surface area contributed by atoms with Crippen molar-refractivity contribution in [3.63, 3.8) is 0 Å². The first-order chi connectivity index (χ1) is 9.02. The fourth-order valence-electron chi connectivity index (χ4n) is 0.760. The number of hydrogen-bond donors (Lipinski definition) is 6. The molecule has 0 spiro atoms. The average molecular weight is 326 g/mol. The third-order valence-corrected chi connectivity index (χ3v) is 2.98. The molecule has 0 aromatic rings. The number of nitrogens with one attached hydrogen (secondary N) is 1. The van der Waals surface area contributed by atoms with Crippen molar-refractivity contribution in [3.8, 4) is 0 Å². The summed E-state index contributed by atoms with van der Waals surface area (Å²) in [6, 6.07) is -0.874. The summed E-state index contributed by atoms with van der Waals surface area (Å²) in [5, 5.41) is 19.0. The average Bonchev–Trinajstić information content (AvgIpc) is 2.34. The van der Waals surface area contributed by atoms with Gasteiger partial charge in [0.25, 0.3) is 0 Å². The van der Waals surface area contributed by atoms with Crippen LogP contribution < -0.4 is 11.1 Å². The number of thiol groups is 2. The molecule has 5 N–H and O–H groups in total. The molecule has 2 atom stereocenters. The van der Waals surface area contributed by atoms with Crippen molar-refractivity contribution >= 4 is 48.9 Å². The van der Waals surface area contributed by atoms with Gasteiger partial charge in [0.05, 0.1) is 0 Å². The van der Waals surface area contributed by atoms with Crippen LogP contribution in [0.1, 0.15) is 13.8 Å². The van der Waals surface area contributed by atoms with Crippen LogP contribution in [-0.4, -0.2) is 56.9 Å². The molecule has 0 rings (SSSR count). The summed E-state index contributed by atoms with van der Waals surface area (Å²) in [4.78, 5) is 41.4. The fourth-order valence-corrected chi connectivity index (χ4v) is 1.37. The van der Waals surface area contributed by atoms with Crippen molar-refractivity contribution in [1.29, 1.82) is 0 Å². The Balaban J connectivity index is 0. The van der Waals surface area contributed by atoms with Crippen LogP contribution >= 0.6 is 25.3 Å². The zero-order valence-electron chi connectivity index (χ0n) is 11.0. The van der Waals surface area contributed by atoms with Gasteiger partial charge in [0.15, 0.2) is 11.3 Å². The van der Waals surface area contributed by atoms with Crippen molar-refractivity contribution in [2.45, 2.75) is 25.4 Å². The van der Waals surface area contributed by atoms with Crippen LogP contribution in [0.5, 0.6) is 0 Å². The maximum Gasteiger partial charge on any atom is 0.332 e. The predicted molar refractivity (Wildman–Crippen MR) is 78.2 cm³/mol. The standard InChI is InChI=1S/2C5H9NO3S/c1-3(7)5(6,2-10)4(8)9;1-3(7)6-4(2-10)5(8)9/h10H,2,6H2,1H3,(H,8,9);4,10H,2H2,1H3,(H,6,7)(H,8,9)/t;4-/m.0/s1. The first-order valence-corrected chi connectivity index (χ1v) is 6.54. The Morgan fingerprint density at radius 1 is 1.20 bits per heavy atom. The minimum Gasteiger partial charge on any atom is -0.480 e. The smallest absolute Gasteiger partial charge is 0.332 e. The van der Waals surface area contributed by atoms with Gasteiger partial charge in [0, 0.05) is 18.4 Å². The Bertz CT molecular complexity index is 374. The highest BCUT2D eigenvalue weighted by Crippen LogP contribution is 2.04. The van der Waals surface area contributed by atoms with Gasteiger partial charge in [-0.15, -0.1) is 0 Å². The van der Waals surface area contributed by atoms with Crippen LogP contribution in [0, 0.1) is 0 Å². The van der Waals surface area contributed by atoms with Gasteiger partial charge in [0.2, 0.25) is 5.91 Å². The zero-order chi connectivity index (χ0) is 16.5. The largest absolute Gasteiger partial charge is 0.480 e. The van der Waals surface area contributed by atoms with Gasteiger partial charge in [-0.2, -0.15) is 25.3 Å². The van der Waals surface area contributed by atoms with E-state index in [-0.39, 0.29) is 17.4 Å². The highest BCUT2D eigenvalue weighted by atomic mass is 32.1. The van der Waals surface area contributed by atoms with E-state index in [0.717, 1.165) is 6.92 Å². The van der Waals surface area contributed by atoms with E-state index in [0.29, 0.717) is 0 Å². The van der Waals surface area contributed by atoms with Gasteiger partial charge in [-0.3, -0.25) is 9.59 Å². The van der Waals surface area contributed by atoms with Gasteiger partial charge in [0.1, 0.15) is 6.04 Å². The number of carbonyl (C=O) groups is 4. The third kappa shape index (κ3) is 7.36. The number of aliphatic carboxylic acids is 2. The SMILES string of the molecule is CC(=O)C(N)(CS)C(=O)O.CC(=O)N[C@@H](CS)C(=O)O. The molecular formula is C10H18N2O6S2. The summed E-state index contributed by atoms with van der Waals surface area (Å²) in [7, 11) is 0. The van der Waals surface area contributed by atoms with Crippen molar-refractivity contribution < 1.29 is 29.4 Å². The van der Waals surface area contributed by atoms with Crippen LogP contribution in [0.3, 0.4) is 0 Å². The number of carboxylic acids is 2. The maximum absolute atomic E-state index is 10.6. The number of amides is 1. The Labute approximate surface area is 126 Å². The Hall–Kier alpha value is -1.26. The van der Waals surface area contributed by atoms with E-state index in [9.17, 15) is 19.2 Å². The predicted octanol–water partition coefficient (Wildman–Crippen LogP) is -1.21. The number of rotatable bonds is 6. The lowest BCUT2D eigenvalue weighted by atomic mass is 9.99. The number of hydrogen-bond acceptors (Lipinski definition) is 7. The van der Waals surface area contributed by atoms with Crippen LogP contribution in [0.15, 0.2) is 0 Å². The number of Topliss-reactive ketones (excluding diaryl/α,β-unsaturated/α-hetero) is 1. The van der Waals surface area contributed by atoms with Crippen molar-refractivity contribution in [1.82, 2.24) is 5.32 Å². The van der Waals surface area contributed by atoms with Gasteiger partial charge < -0.3 is 21.3 Å². The molecule has 0 radical (unpaired) electrons. The molecular weight excluding hydrogens is 308 g/mol. The quantitative estimate of drug-likeness (QED) is 0.265. The monoisotopic (exact) mass is 326 g/mol. The second-order valence-corrected chi connectivity index (χ2v) is 4.45. The van der Waals surface area contributed by atoms with Crippen molar-refractivity contribution in [2.24, 2.45) is 5.73 Å². The molecule has 0 aromatic heterocycles. The Kier molecular flexibility index (Phi) is 10.1. The van der Waals surface area contributed by atoms with Crippen LogP contribution in [0.4, 0.5) is 0 Å². The molecule has 116 valence electrons. The van der Waals surface area contributed by atoms with Gasteiger partial charge in [-0.05, 0) is 6.92 Å². The lowest BCUT2D eigenvalue weighted by Gasteiger charge is -2.17. The molecule has 0 aliphatic heterocycles. The van der Waals surface area contributed by atoms with Gasteiger partial charge in [-0.1, -0.05) is 0 Å². The molecule has 8 nitrogen and oxygen atoms in total. The zero-order valence-corrected chi connectivity index (χ0v) is 12.8. The Morgan fingerprint density at radius 3 is 1.70 bits per heavy atom. The molecule has 20 heavy (non-hydrogen) atoms. The van der Waals surface area contributed by atoms with E-state index in [2.05, 4.69) is 30.6 Å². The summed E-state index contributed by atoms with van der Waals surface area (Å²) in [5.74, 6) is -3.43. The molecule has 0 saturated heterocycles. The maximum atomic E-state index is 10.6. The highest BCUT2D eigenvalue weighted by Gasteiger charge is 2.37. The number of carbonyl (C=O) groups excluding carboxylic acids is 2. The lowest BCUT2D eigenvalue weighted by Crippen LogP contribution is -2.55. The van der Waals surface area contributed by atoms with E-state index in [4.69, 9.17) is 15.9 Å². The van der Waals surface area contributed by atoms with Crippen molar-refractivity contribution in [2.75, 3.05) is 11.5 Å². The van der Waals surface area contributed by atoms with Crippen LogP contribution in [0.2, 0.25) is 0 Å². The number of carboxylic acid groups (broad SMARTS) is 2. The summed E-state index contributed by atoms with van der Waals surface area (Å²) in [5.41, 5.74) is 3.34. The molecule has 0 bridgehead atoms. The van der Waals surface area contributed by atoms with Crippen molar-refractivity contribution in [3.05, 3.63) is 0 Å². The molecule has 0 aliphatic rings. The fraction of sp³-hybridized carbons (Fsp3) is 0.600. The molecule has 0 fully saturated rings. The molecule has 0 aliphatic carbocycles. The molecule has 0 heterocycles. The van der Waals surface area contributed by atoms with Crippen LogP contribution in [0.25, 0.3) is 0 Å². The van der Waals surface area contributed by atoms with Gasteiger partial charge >= 0.3 is 11.9 Å². The number of nitrogens with two attached hydrogens (primary N) is 1. The summed E-state index contributed by atoms with van der Waals surface area (Å²) >= 11 is 7.39. The van der Waals surface area contributed by atoms with E-state index in [1.807, 2.05) is 0 Å². The topological polar surface area (TPSA) is 147 Å². The third-order valence-electron chi connectivity index (χ3n) is 2.12. The minimum absolute atomic E-state index is 0.106. The lowest BCUT2D eigenvalue weighted by molar-refractivity contribution is -0.146. The molecule has 10 heteroatoms. The van der Waals surface area contributed by atoms with Gasteiger partial charge in [-0.25, -0.2) is 9.59 Å².